The fourth-order valence-corrected chi connectivity index (χ4v) is 3.09. The first kappa shape index (κ1) is 15.1. The van der Waals surface area contributed by atoms with Crippen LogP contribution in [0.1, 0.15) is 6.42 Å². The number of halogens is 1. The van der Waals surface area contributed by atoms with Crippen LogP contribution < -0.4 is 9.64 Å². The van der Waals surface area contributed by atoms with Gasteiger partial charge in [-0.05, 0) is 33.7 Å². The number of rotatable bonds is 4. The molecule has 0 radical (unpaired) electrons. The van der Waals surface area contributed by atoms with Gasteiger partial charge in [-0.2, -0.15) is 12.6 Å². The number of benzene rings is 1. The smallest absolute Gasteiger partial charge is 0.297 e. The molecule has 1 heterocycles. The van der Waals surface area contributed by atoms with Crippen LogP contribution in [0.4, 0.5) is 11.4 Å². The summed E-state index contributed by atoms with van der Waals surface area (Å²) in [5, 5.41) is 11.2. The quantitative estimate of drug-likeness (QED) is 0.508. The van der Waals surface area contributed by atoms with Crippen LogP contribution in [-0.4, -0.2) is 30.2 Å². The lowest BCUT2D eigenvalue weighted by atomic mass is 10.1. The summed E-state index contributed by atoms with van der Waals surface area (Å²) in [6.07, 6.45) is 0.360. The van der Waals surface area contributed by atoms with Crippen molar-refractivity contribution in [3.8, 4) is 5.75 Å². The Morgan fingerprint density at radius 1 is 1.60 bits per heavy atom. The van der Waals surface area contributed by atoms with E-state index in [9.17, 15) is 14.9 Å². The Bertz CT molecular complexity index is 567. The van der Waals surface area contributed by atoms with Crippen molar-refractivity contribution in [2.24, 2.45) is 5.92 Å². The standard InChI is InChI=1S/C12H13BrN2O4S/c1-19-8-3-9(13)12(10(4-8)15(17)18)14-5-7(6-20)2-11(14)16/h3-4,7,20H,2,5-6H2,1H3. The zero-order valence-electron chi connectivity index (χ0n) is 10.7. The fourth-order valence-electron chi connectivity index (χ4n) is 2.20. The molecule has 1 aromatic carbocycles. The van der Waals surface area contributed by atoms with Crippen LogP contribution in [-0.2, 0) is 4.79 Å². The van der Waals surface area contributed by atoms with Gasteiger partial charge in [-0.25, -0.2) is 0 Å². The number of hydrogen-bond donors (Lipinski definition) is 1. The van der Waals surface area contributed by atoms with E-state index in [-0.39, 0.29) is 23.2 Å². The van der Waals surface area contributed by atoms with Gasteiger partial charge in [0.05, 0.1) is 22.6 Å². The lowest BCUT2D eigenvalue weighted by Gasteiger charge is -2.18. The van der Waals surface area contributed by atoms with Crippen molar-refractivity contribution in [1.29, 1.82) is 0 Å². The van der Waals surface area contributed by atoms with Gasteiger partial charge in [0.15, 0.2) is 0 Å². The summed E-state index contributed by atoms with van der Waals surface area (Å²) in [5.41, 5.74) is 0.134. The summed E-state index contributed by atoms with van der Waals surface area (Å²) in [4.78, 5) is 24.2. The van der Waals surface area contributed by atoms with E-state index in [1.807, 2.05) is 0 Å². The zero-order valence-corrected chi connectivity index (χ0v) is 13.2. The van der Waals surface area contributed by atoms with Crippen molar-refractivity contribution >= 4 is 45.8 Å². The summed E-state index contributed by atoms with van der Waals surface area (Å²) in [5.74, 6) is 0.922. The minimum absolute atomic E-state index is 0.111. The number of nitro benzene ring substituents is 1. The summed E-state index contributed by atoms with van der Waals surface area (Å²) in [6.45, 7) is 0.439. The van der Waals surface area contributed by atoms with Crippen LogP contribution in [0.25, 0.3) is 0 Å². The molecule has 1 aliphatic rings. The van der Waals surface area contributed by atoms with Gasteiger partial charge in [0, 0.05) is 13.0 Å². The van der Waals surface area contributed by atoms with Gasteiger partial charge in [-0.15, -0.1) is 0 Å². The molecule has 1 aromatic rings. The predicted octanol–water partition coefficient (Wildman–Crippen LogP) is 2.65. The van der Waals surface area contributed by atoms with E-state index in [0.29, 0.717) is 28.9 Å². The lowest BCUT2D eigenvalue weighted by Crippen LogP contribution is -2.26. The van der Waals surface area contributed by atoms with Crippen molar-refractivity contribution in [3.63, 3.8) is 0 Å². The summed E-state index contributed by atoms with van der Waals surface area (Å²) < 4.78 is 5.49. The van der Waals surface area contributed by atoms with E-state index >= 15 is 0 Å². The average molecular weight is 361 g/mol. The molecule has 1 aliphatic heterocycles. The van der Waals surface area contributed by atoms with Crippen LogP contribution in [0, 0.1) is 16.0 Å². The Balaban J connectivity index is 2.50. The topological polar surface area (TPSA) is 72.7 Å². The van der Waals surface area contributed by atoms with Crippen molar-refractivity contribution in [1.82, 2.24) is 0 Å². The second kappa shape index (κ2) is 6.01. The second-order valence-corrected chi connectivity index (χ2v) is 5.71. The Labute approximate surface area is 129 Å². The molecule has 0 aliphatic carbocycles. The van der Waals surface area contributed by atoms with Gasteiger partial charge < -0.3 is 9.64 Å². The minimum atomic E-state index is -0.510. The summed E-state index contributed by atoms with van der Waals surface area (Å²) >= 11 is 7.48. The highest BCUT2D eigenvalue weighted by molar-refractivity contribution is 9.10. The third kappa shape index (κ3) is 2.76. The first-order valence-corrected chi connectivity index (χ1v) is 7.33. The molecule has 20 heavy (non-hydrogen) atoms. The summed E-state index contributed by atoms with van der Waals surface area (Å²) in [7, 11) is 1.43. The van der Waals surface area contributed by atoms with Gasteiger partial charge >= 0.3 is 0 Å². The van der Waals surface area contributed by atoms with Gasteiger partial charge in [-0.3, -0.25) is 14.9 Å². The number of thiol groups is 1. The number of anilines is 1. The molecule has 6 nitrogen and oxygen atoms in total. The normalized spacial score (nSPS) is 18.4. The van der Waals surface area contributed by atoms with Crippen LogP contribution in [0.5, 0.6) is 5.75 Å². The van der Waals surface area contributed by atoms with Crippen LogP contribution in [0.3, 0.4) is 0 Å². The average Bonchev–Trinajstić information content (AvgIpc) is 2.78. The highest BCUT2D eigenvalue weighted by atomic mass is 79.9. The molecule has 108 valence electrons. The van der Waals surface area contributed by atoms with Gasteiger partial charge in [0.1, 0.15) is 11.4 Å². The van der Waals surface area contributed by atoms with E-state index in [0.717, 1.165) is 0 Å². The Morgan fingerprint density at radius 3 is 2.80 bits per heavy atom. The molecule has 1 fully saturated rings. The molecule has 0 N–H and O–H groups in total. The van der Waals surface area contributed by atoms with E-state index in [1.54, 1.807) is 6.07 Å². The van der Waals surface area contributed by atoms with Crippen molar-refractivity contribution in [3.05, 3.63) is 26.7 Å². The molecule has 1 unspecified atom stereocenters. The largest absolute Gasteiger partial charge is 0.496 e. The SMILES string of the molecule is COc1cc(Br)c(N2CC(CS)CC2=O)c([N+](=O)[O-])c1. The van der Waals surface area contributed by atoms with Gasteiger partial charge in [-0.1, -0.05) is 0 Å². The first-order chi connectivity index (χ1) is 9.47. The Hall–Kier alpha value is -1.28. The molecule has 0 spiro atoms. The molecule has 1 atom stereocenters. The molecule has 0 saturated carbocycles. The third-order valence-corrected chi connectivity index (χ3v) is 4.30. The minimum Gasteiger partial charge on any atom is -0.496 e. The first-order valence-electron chi connectivity index (χ1n) is 5.91. The number of nitro groups is 1. The molecule has 1 amide bonds. The van der Waals surface area contributed by atoms with E-state index < -0.39 is 4.92 Å². The molecular weight excluding hydrogens is 348 g/mol. The fraction of sp³-hybridized carbons (Fsp3) is 0.417. The van der Waals surface area contributed by atoms with E-state index in [4.69, 9.17) is 4.74 Å². The maximum Gasteiger partial charge on any atom is 0.297 e. The monoisotopic (exact) mass is 360 g/mol. The summed E-state index contributed by atoms with van der Waals surface area (Å²) in [6, 6.07) is 2.94. The molecule has 8 heteroatoms. The van der Waals surface area contributed by atoms with E-state index in [1.165, 1.54) is 18.1 Å². The van der Waals surface area contributed by atoms with Crippen molar-refractivity contribution < 1.29 is 14.5 Å². The highest BCUT2D eigenvalue weighted by Gasteiger charge is 2.35. The Kier molecular flexibility index (Phi) is 4.54. The molecule has 1 saturated heterocycles. The zero-order chi connectivity index (χ0) is 14.9. The number of amides is 1. The number of nitrogens with zero attached hydrogens (tertiary/aromatic N) is 2. The number of methoxy groups -OCH3 is 1. The maximum absolute atomic E-state index is 12.0. The number of ether oxygens (including phenoxy) is 1. The van der Waals surface area contributed by atoms with Crippen LogP contribution in [0.2, 0.25) is 0 Å². The molecule has 0 bridgehead atoms. The molecular formula is C12H13BrN2O4S. The van der Waals surface area contributed by atoms with Crippen molar-refractivity contribution in [2.75, 3.05) is 24.3 Å². The van der Waals surface area contributed by atoms with Crippen LogP contribution in [0.15, 0.2) is 16.6 Å². The third-order valence-electron chi connectivity index (χ3n) is 3.18. The lowest BCUT2D eigenvalue weighted by molar-refractivity contribution is -0.384. The second-order valence-electron chi connectivity index (χ2n) is 4.49. The van der Waals surface area contributed by atoms with Crippen LogP contribution >= 0.6 is 28.6 Å². The Morgan fingerprint density at radius 2 is 2.30 bits per heavy atom. The predicted molar refractivity (Wildman–Crippen MR) is 81.7 cm³/mol. The van der Waals surface area contributed by atoms with Crippen molar-refractivity contribution in [2.45, 2.75) is 6.42 Å². The van der Waals surface area contributed by atoms with Gasteiger partial charge in [0.25, 0.3) is 5.69 Å². The number of carbonyl (C=O) groups is 1. The molecule has 0 aromatic heterocycles. The maximum atomic E-state index is 12.0. The highest BCUT2D eigenvalue weighted by Crippen LogP contribution is 2.41. The number of hydrogen-bond acceptors (Lipinski definition) is 5. The number of carbonyl (C=O) groups excluding carboxylic acids is 1. The molecule has 2 rings (SSSR count). The van der Waals surface area contributed by atoms with Gasteiger partial charge in [0.2, 0.25) is 5.91 Å². The van der Waals surface area contributed by atoms with E-state index in [2.05, 4.69) is 28.6 Å².